The maximum absolute atomic E-state index is 4.30. The maximum Gasteiger partial charge on any atom is 0.342 e. The van der Waals surface area contributed by atoms with E-state index in [1.165, 1.54) is 0 Å². The predicted molar refractivity (Wildman–Crippen MR) is 44.8 cm³/mol. The number of nitrogens with one attached hydrogen (secondary N) is 1. The number of hydrogen-bond donors (Lipinski definition) is 1. The van der Waals surface area contributed by atoms with Gasteiger partial charge in [0.1, 0.15) is 17.7 Å². The molecule has 0 fully saturated rings. The van der Waals surface area contributed by atoms with Gasteiger partial charge in [0.15, 0.2) is 0 Å². The van der Waals surface area contributed by atoms with E-state index in [1.807, 2.05) is 35.2 Å². The van der Waals surface area contributed by atoms with E-state index < -0.39 is 0 Å². The van der Waals surface area contributed by atoms with Gasteiger partial charge in [-0.25, -0.2) is 0 Å². The second kappa shape index (κ2) is 3.69. The predicted octanol–water partition coefficient (Wildman–Crippen LogP) is -2.07. The molecule has 0 spiro atoms. The van der Waals surface area contributed by atoms with Crippen LogP contribution in [-0.4, -0.2) is 12.0 Å². The van der Waals surface area contributed by atoms with Crippen LogP contribution in [0.5, 0.6) is 0 Å². The topological polar surface area (TPSA) is 29.0 Å². The van der Waals surface area contributed by atoms with E-state index in [9.17, 15) is 0 Å². The maximum atomic E-state index is 4.30. The molecule has 5 heteroatoms. The van der Waals surface area contributed by atoms with Gasteiger partial charge in [-0.2, -0.15) is 0 Å². The largest absolute Gasteiger partial charge is 1.00 e. The first-order chi connectivity index (χ1) is 5.40. The fourth-order valence-electron chi connectivity index (χ4n) is 0.902. The van der Waals surface area contributed by atoms with Crippen molar-refractivity contribution >= 4 is 22.3 Å². The van der Waals surface area contributed by atoms with Gasteiger partial charge in [0, 0.05) is 13.1 Å². The Labute approximate surface area is 80.6 Å². The molecule has 64 valence electrons. The molecule has 2 heterocycles. The van der Waals surface area contributed by atoms with Crippen LogP contribution in [0.25, 0.3) is 5.65 Å². The Morgan fingerprint density at radius 3 is 3.00 bits per heavy atom. The zero-order valence-electron chi connectivity index (χ0n) is 6.49. The first-order valence-corrected chi connectivity index (χ1v) is 4.13. The number of hydrogen-bond acceptors (Lipinski definition) is 3. The standard InChI is InChI=1S/C7H7N3S.ClH/c1-8-7-9-6-4-2-3-5-10(6)11-7;/h2-5H,1H3;1H. The third-order valence-corrected chi connectivity index (χ3v) is 2.39. The second-order valence-corrected chi connectivity index (χ2v) is 3.11. The fourth-order valence-corrected chi connectivity index (χ4v) is 1.64. The zero-order valence-corrected chi connectivity index (χ0v) is 8.06. The Morgan fingerprint density at radius 1 is 1.50 bits per heavy atom. The summed E-state index contributed by atoms with van der Waals surface area (Å²) in [5, 5.41) is 3.94. The van der Waals surface area contributed by atoms with Gasteiger partial charge in [0.05, 0.1) is 0 Å². The number of aromatic nitrogens is 2. The molecule has 3 nitrogen and oxygen atoms in total. The second-order valence-electron chi connectivity index (χ2n) is 2.14. The van der Waals surface area contributed by atoms with E-state index in [2.05, 4.69) is 10.3 Å². The molecule has 0 bridgehead atoms. The van der Waals surface area contributed by atoms with Gasteiger partial charge >= 0.3 is 10.8 Å². The van der Waals surface area contributed by atoms with Crippen LogP contribution in [0, 0.1) is 0 Å². The van der Waals surface area contributed by atoms with Crippen molar-refractivity contribution in [2.24, 2.45) is 0 Å². The number of nitrogens with zero attached hydrogens (tertiary/aromatic N) is 2. The molecular formula is C7H8ClN3S. The SMILES string of the molecule is CNc1nc2cccc[n+]2s1.[Cl-]. The Morgan fingerprint density at radius 2 is 2.33 bits per heavy atom. The van der Waals surface area contributed by atoms with Crippen LogP contribution >= 0.6 is 11.5 Å². The van der Waals surface area contributed by atoms with Crippen molar-refractivity contribution in [2.75, 3.05) is 12.4 Å². The molecule has 2 aromatic rings. The number of fused-ring (bicyclic) bond motifs is 1. The highest BCUT2D eigenvalue weighted by atomic mass is 35.5. The van der Waals surface area contributed by atoms with Crippen molar-refractivity contribution in [2.45, 2.75) is 0 Å². The molecule has 0 atom stereocenters. The lowest BCUT2D eigenvalue weighted by molar-refractivity contribution is -0.433. The average molecular weight is 202 g/mol. The molecule has 12 heavy (non-hydrogen) atoms. The Bertz CT molecular complexity index is 340. The molecule has 2 rings (SSSR count). The Balaban J connectivity index is 0.000000720. The van der Waals surface area contributed by atoms with E-state index >= 15 is 0 Å². The van der Waals surface area contributed by atoms with Crippen LogP contribution in [0.1, 0.15) is 0 Å². The fraction of sp³-hybridized carbons (Fsp3) is 0.143. The van der Waals surface area contributed by atoms with Crippen molar-refractivity contribution in [3.63, 3.8) is 0 Å². The summed E-state index contributed by atoms with van der Waals surface area (Å²) in [6, 6.07) is 5.95. The molecule has 0 saturated heterocycles. The minimum atomic E-state index is 0. The summed E-state index contributed by atoms with van der Waals surface area (Å²) in [6.07, 6.45) is 1.99. The summed E-state index contributed by atoms with van der Waals surface area (Å²) in [5.74, 6) is 0. The highest BCUT2D eigenvalue weighted by Crippen LogP contribution is 2.07. The van der Waals surface area contributed by atoms with Crippen molar-refractivity contribution < 1.29 is 16.2 Å². The van der Waals surface area contributed by atoms with Crippen LogP contribution in [0.3, 0.4) is 0 Å². The molecule has 0 saturated carbocycles. The molecule has 0 aliphatic carbocycles. The molecule has 0 aromatic carbocycles. The lowest BCUT2D eigenvalue weighted by Crippen LogP contribution is -3.00. The lowest BCUT2D eigenvalue weighted by Gasteiger charge is -1.76. The van der Waals surface area contributed by atoms with Gasteiger partial charge < -0.3 is 17.7 Å². The summed E-state index contributed by atoms with van der Waals surface area (Å²) < 4.78 is 2.02. The van der Waals surface area contributed by atoms with Gasteiger partial charge in [0.2, 0.25) is 0 Å². The highest BCUT2D eigenvalue weighted by molar-refractivity contribution is 7.06. The molecule has 0 unspecified atom stereocenters. The minimum Gasteiger partial charge on any atom is -1.00 e. The van der Waals surface area contributed by atoms with Crippen LogP contribution < -0.4 is 21.5 Å². The van der Waals surface area contributed by atoms with Crippen LogP contribution in [0.2, 0.25) is 0 Å². The normalized spacial score (nSPS) is 9.42. The average Bonchev–Trinajstić information content (AvgIpc) is 2.46. The third-order valence-electron chi connectivity index (χ3n) is 1.42. The molecular weight excluding hydrogens is 194 g/mol. The van der Waals surface area contributed by atoms with Crippen molar-refractivity contribution in [3.8, 4) is 0 Å². The third kappa shape index (κ3) is 1.49. The number of rotatable bonds is 1. The Kier molecular flexibility index (Phi) is 2.83. The van der Waals surface area contributed by atoms with Crippen LogP contribution in [0.4, 0.5) is 5.13 Å². The minimum absolute atomic E-state index is 0. The number of anilines is 1. The van der Waals surface area contributed by atoms with E-state index in [-0.39, 0.29) is 12.4 Å². The quantitative estimate of drug-likeness (QED) is 0.537. The molecule has 1 N–H and O–H groups in total. The summed E-state index contributed by atoms with van der Waals surface area (Å²) in [6.45, 7) is 0. The summed E-state index contributed by atoms with van der Waals surface area (Å²) in [7, 11) is 1.87. The van der Waals surface area contributed by atoms with Gasteiger partial charge in [-0.15, -0.1) is 3.79 Å². The van der Waals surface area contributed by atoms with Crippen LogP contribution in [-0.2, 0) is 0 Å². The molecule has 0 aliphatic rings. The van der Waals surface area contributed by atoms with Crippen molar-refractivity contribution in [1.29, 1.82) is 0 Å². The monoisotopic (exact) mass is 201 g/mol. The van der Waals surface area contributed by atoms with Gasteiger partial charge in [0.25, 0.3) is 0 Å². The van der Waals surface area contributed by atoms with Crippen molar-refractivity contribution in [1.82, 2.24) is 4.98 Å². The lowest BCUT2D eigenvalue weighted by atomic mass is 10.5. The highest BCUT2D eigenvalue weighted by Gasteiger charge is 2.09. The van der Waals surface area contributed by atoms with Gasteiger partial charge in [-0.3, -0.25) is 0 Å². The van der Waals surface area contributed by atoms with E-state index in [0.29, 0.717) is 0 Å². The Hall–Kier alpha value is -0.870. The molecule has 2 aromatic heterocycles. The number of halogens is 1. The summed E-state index contributed by atoms with van der Waals surface area (Å²) in [4.78, 5) is 4.30. The van der Waals surface area contributed by atoms with Gasteiger partial charge in [-0.05, 0) is 11.1 Å². The first kappa shape index (κ1) is 9.22. The number of pyridine rings is 1. The molecule has 0 amide bonds. The van der Waals surface area contributed by atoms with E-state index in [4.69, 9.17) is 0 Å². The van der Waals surface area contributed by atoms with Crippen LogP contribution in [0.15, 0.2) is 24.4 Å². The first-order valence-electron chi connectivity index (χ1n) is 3.35. The van der Waals surface area contributed by atoms with Gasteiger partial charge in [-0.1, -0.05) is 6.07 Å². The smallest absolute Gasteiger partial charge is 0.342 e. The molecule has 0 radical (unpaired) electrons. The summed E-state index contributed by atoms with van der Waals surface area (Å²) >= 11 is 1.59. The van der Waals surface area contributed by atoms with Crippen molar-refractivity contribution in [3.05, 3.63) is 24.4 Å². The zero-order chi connectivity index (χ0) is 7.68. The van der Waals surface area contributed by atoms with E-state index in [0.717, 1.165) is 10.8 Å². The summed E-state index contributed by atoms with van der Waals surface area (Å²) in [5.41, 5.74) is 0.988. The molecule has 0 aliphatic heterocycles. The van der Waals surface area contributed by atoms with E-state index in [1.54, 1.807) is 11.5 Å².